The van der Waals surface area contributed by atoms with Gasteiger partial charge in [-0.25, -0.2) is 8.42 Å². The van der Waals surface area contributed by atoms with Crippen LogP contribution in [0.15, 0.2) is 24.5 Å². The van der Waals surface area contributed by atoms with Gasteiger partial charge in [0.15, 0.2) is 0 Å². The molecule has 2 heterocycles. The van der Waals surface area contributed by atoms with Crippen molar-refractivity contribution in [1.82, 2.24) is 9.29 Å². The van der Waals surface area contributed by atoms with Crippen LogP contribution in [0.4, 0.5) is 13.2 Å². The zero-order valence-electron chi connectivity index (χ0n) is 11.8. The van der Waals surface area contributed by atoms with Crippen LogP contribution in [0.25, 0.3) is 0 Å². The third kappa shape index (κ3) is 5.13. The summed E-state index contributed by atoms with van der Waals surface area (Å²) in [6.45, 7) is 0.304. The van der Waals surface area contributed by atoms with E-state index in [0.717, 1.165) is 4.31 Å². The van der Waals surface area contributed by atoms with E-state index in [-0.39, 0.29) is 19.2 Å². The van der Waals surface area contributed by atoms with Gasteiger partial charge in [0.2, 0.25) is 10.0 Å². The molecule has 0 spiro atoms. The number of alkyl halides is 3. The number of halogens is 3. The lowest BCUT2D eigenvalue weighted by molar-refractivity contribution is -0.130. The Morgan fingerprint density at radius 3 is 2.64 bits per heavy atom. The van der Waals surface area contributed by atoms with Gasteiger partial charge >= 0.3 is 6.18 Å². The predicted molar refractivity (Wildman–Crippen MR) is 73.9 cm³/mol. The maximum absolute atomic E-state index is 12.2. The minimum Gasteiger partial charge on any atom is -0.489 e. The van der Waals surface area contributed by atoms with E-state index in [1.54, 1.807) is 24.5 Å². The summed E-state index contributed by atoms with van der Waals surface area (Å²) in [5.74, 6) is -0.354. The molecule has 2 rings (SSSR count). The van der Waals surface area contributed by atoms with Crippen LogP contribution in [-0.2, 0) is 10.0 Å². The summed E-state index contributed by atoms with van der Waals surface area (Å²) in [5, 5.41) is 0. The Balaban J connectivity index is 1.95. The summed E-state index contributed by atoms with van der Waals surface area (Å²) in [6.07, 6.45) is -1.85. The molecular formula is C13H17F3N2O3S. The fourth-order valence-corrected chi connectivity index (χ4v) is 3.79. The number of hydrogen-bond acceptors (Lipinski definition) is 4. The van der Waals surface area contributed by atoms with Gasteiger partial charge in [0.1, 0.15) is 11.9 Å². The van der Waals surface area contributed by atoms with Crippen LogP contribution in [0.3, 0.4) is 0 Å². The minimum absolute atomic E-state index is 0.0719. The molecule has 0 aliphatic carbocycles. The predicted octanol–water partition coefficient (Wildman–Crippen LogP) is 2.21. The summed E-state index contributed by atoms with van der Waals surface area (Å²) in [7, 11) is -3.92. The van der Waals surface area contributed by atoms with Crippen LogP contribution in [0.1, 0.15) is 19.3 Å². The van der Waals surface area contributed by atoms with Gasteiger partial charge in [-0.2, -0.15) is 17.5 Å². The van der Waals surface area contributed by atoms with E-state index < -0.39 is 28.4 Å². The zero-order chi connectivity index (χ0) is 16.2. The molecule has 1 fully saturated rings. The van der Waals surface area contributed by atoms with Crippen LogP contribution in [0.2, 0.25) is 0 Å². The average Bonchev–Trinajstić information content (AvgIpc) is 2.46. The van der Waals surface area contributed by atoms with E-state index in [2.05, 4.69) is 4.98 Å². The zero-order valence-corrected chi connectivity index (χ0v) is 12.6. The Morgan fingerprint density at radius 1 is 1.32 bits per heavy atom. The van der Waals surface area contributed by atoms with Crippen LogP contribution >= 0.6 is 0 Å². The van der Waals surface area contributed by atoms with Gasteiger partial charge in [0, 0.05) is 18.9 Å². The first kappa shape index (κ1) is 17.0. The highest BCUT2D eigenvalue weighted by molar-refractivity contribution is 7.89. The third-order valence-corrected chi connectivity index (χ3v) is 5.17. The topological polar surface area (TPSA) is 59.5 Å². The molecule has 1 aromatic heterocycles. The van der Waals surface area contributed by atoms with Crippen molar-refractivity contribution in [2.24, 2.45) is 0 Å². The molecule has 0 N–H and O–H groups in total. The highest BCUT2D eigenvalue weighted by Gasteiger charge is 2.34. The maximum atomic E-state index is 12.2. The Kier molecular flexibility index (Phi) is 5.28. The van der Waals surface area contributed by atoms with Gasteiger partial charge in [0.05, 0.1) is 18.7 Å². The fraction of sp³-hybridized carbons (Fsp3) is 0.615. The van der Waals surface area contributed by atoms with Gasteiger partial charge in [0.25, 0.3) is 0 Å². The second kappa shape index (κ2) is 6.82. The SMILES string of the molecule is O=S(=O)(CCC(F)(F)F)N1CCCC(Oc2ccncc2)C1. The second-order valence-corrected chi connectivity index (χ2v) is 7.19. The Bertz CT molecular complexity index is 578. The molecule has 22 heavy (non-hydrogen) atoms. The smallest absolute Gasteiger partial charge is 0.390 e. The lowest BCUT2D eigenvalue weighted by Gasteiger charge is -2.32. The van der Waals surface area contributed by atoms with E-state index in [9.17, 15) is 21.6 Å². The summed E-state index contributed by atoms with van der Waals surface area (Å²) < 4.78 is 67.3. The first-order chi connectivity index (χ1) is 10.3. The number of nitrogens with zero attached hydrogens (tertiary/aromatic N) is 2. The molecule has 0 saturated carbocycles. The molecule has 1 saturated heterocycles. The van der Waals surface area contributed by atoms with Crippen LogP contribution in [0.5, 0.6) is 5.75 Å². The van der Waals surface area contributed by atoms with Crippen molar-refractivity contribution in [1.29, 1.82) is 0 Å². The van der Waals surface area contributed by atoms with Crippen LogP contribution in [0, 0.1) is 0 Å². The third-order valence-electron chi connectivity index (χ3n) is 3.33. The number of aromatic nitrogens is 1. The molecule has 0 bridgehead atoms. The monoisotopic (exact) mass is 338 g/mol. The van der Waals surface area contributed by atoms with Crippen molar-refractivity contribution < 1.29 is 26.3 Å². The largest absolute Gasteiger partial charge is 0.489 e. The molecule has 1 unspecified atom stereocenters. The molecule has 0 amide bonds. The van der Waals surface area contributed by atoms with E-state index >= 15 is 0 Å². The van der Waals surface area contributed by atoms with Crippen molar-refractivity contribution in [3.8, 4) is 5.75 Å². The van der Waals surface area contributed by atoms with E-state index in [4.69, 9.17) is 4.74 Å². The van der Waals surface area contributed by atoms with Crippen LogP contribution < -0.4 is 4.74 Å². The van der Waals surface area contributed by atoms with Crippen molar-refractivity contribution in [3.63, 3.8) is 0 Å². The Morgan fingerprint density at radius 2 is 2.00 bits per heavy atom. The molecular weight excluding hydrogens is 321 g/mol. The van der Waals surface area contributed by atoms with E-state index in [1.807, 2.05) is 0 Å². The van der Waals surface area contributed by atoms with Crippen molar-refractivity contribution >= 4 is 10.0 Å². The fourth-order valence-electron chi connectivity index (χ4n) is 2.24. The van der Waals surface area contributed by atoms with Gasteiger partial charge in [-0.15, -0.1) is 0 Å². The Labute approximate surface area is 127 Å². The number of pyridine rings is 1. The molecule has 9 heteroatoms. The highest BCUT2D eigenvalue weighted by Crippen LogP contribution is 2.24. The number of ether oxygens (including phenoxy) is 1. The normalized spacial score (nSPS) is 20.8. The van der Waals surface area contributed by atoms with E-state index in [0.29, 0.717) is 18.6 Å². The molecule has 5 nitrogen and oxygen atoms in total. The maximum Gasteiger partial charge on any atom is 0.390 e. The van der Waals surface area contributed by atoms with Gasteiger partial charge < -0.3 is 4.74 Å². The lowest BCUT2D eigenvalue weighted by atomic mass is 10.1. The number of piperidine rings is 1. The van der Waals surface area contributed by atoms with Crippen molar-refractivity contribution in [2.75, 3.05) is 18.8 Å². The number of rotatable bonds is 5. The molecule has 1 atom stereocenters. The van der Waals surface area contributed by atoms with Gasteiger partial charge in [-0.1, -0.05) is 0 Å². The van der Waals surface area contributed by atoms with Crippen LogP contribution in [-0.4, -0.2) is 48.8 Å². The number of sulfonamides is 1. The molecule has 1 aliphatic heterocycles. The van der Waals surface area contributed by atoms with Crippen molar-refractivity contribution in [2.45, 2.75) is 31.5 Å². The van der Waals surface area contributed by atoms with E-state index in [1.165, 1.54) is 0 Å². The molecule has 1 aliphatic rings. The first-order valence-corrected chi connectivity index (χ1v) is 8.48. The summed E-state index contributed by atoms with van der Waals surface area (Å²) in [5.41, 5.74) is 0. The molecule has 0 aromatic carbocycles. The van der Waals surface area contributed by atoms with Gasteiger partial charge in [-0.3, -0.25) is 4.98 Å². The minimum atomic E-state index is -4.48. The van der Waals surface area contributed by atoms with Crippen molar-refractivity contribution in [3.05, 3.63) is 24.5 Å². The highest BCUT2D eigenvalue weighted by atomic mass is 32.2. The number of hydrogen-bond donors (Lipinski definition) is 0. The lowest BCUT2D eigenvalue weighted by Crippen LogP contribution is -2.45. The van der Waals surface area contributed by atoms with Gasteiger partial charge in [-0.05, 0) is 25.0 Å². The average molecular weight is 338 g/mol. The summed E-state index contributed by atoms with van der Waals surface area (Å²) in [6, 6.07) is 3.30. The first-order valence-electron chi connectivity index (χ1n) is 6.87. The second-order valence-electron chi connectivity index (χ2n) is 5.10. The quantitative estimate of drug-likeness (QED) is 0.826. The Hall–Kier alpha value is -1.35. The molecule has 0 radical (unpaired) electrons. The molecule has 124 valence electrons. The summed E-state index contributed by atoms with van der Waals surface area (Å²) in [4.78, 5) is 3.85. The standard InChI is InChI=1S/C13H17F3N2O3S/c14-13(15,16)5-9-22(19,20)18-8-1-2-12(10-18)21-11-3-6-17-7-4-11/h3-4,6-7,12H,1-2,5,8-10H2. The summed E-state index contributed by atoms with van der Waals surface area (Å²) >= 11 is 0. The molecule has 1 aromatic rings.